The van der Waals surface area contributed by atoms with Crippen LogP contribution in [0.4, 0.5) is 0 Å². The van der Waals surface area contributed by atoms with Gasteiger partial charge in [-0.2, -0.15) is 0 Å². The summed E-state index contributed by atoms with van der Waals surface area (Å²) >= 11 is 0. The second-order valence-electron chi connectivity index (χ2n) is 12.0. The summed E-state index contributed by atoms with van der Waals surface area (Å²) in [6.45, 7) is 9.55. The molecule has 3 aliphatic rings. The molecule has 5 N–H and O–H groups in total. The summed E-state index contributed by atoms with van der Waals surface area (Å²) in [6.07, 6.45) is 0.0961. The number of hydroxylamine groups is 1. The summed E-state index contributed by atoms with van der Waals surface area (Å²) in [7, 11) is 4.49. The molecule has 1 amide bonds. The average Bonchev–Trinajstić information content (AvgIpc) is 2.80. The number of hydrogen-bond acceptors (Lipinski definition) is 10. The van der Waals surface area contributed by atoms with Crippen LogP contribution in [0.1, 0.15) is 54.2 Å². The van der Waals surface area contributed by atoms with Gasteiger partial charge < -0.3 is 15.9 Å². The van der Waals surface area contributed by atoms with Gasteiger partial charge in [-0.1, -0.05) is 27.4 Å². The predicted molar refractivity (Wildman–Crippen MR) is 139 cm³/mol. The molecule has 0 aliphatic heterocycles. The number of carbonyl (C=O) groups is 5. The molecule has 0 saturated heterocycles. The minimum Gasteiger partial charge on any atom is -0.507 e. The Morgan fingerprint density at radius 2 is 1.82 bits per heavy atom. The van der Waals surface area contributed by atoms with E-state index in [0.29, 0.717) is 22.4 Å². The lowest BCUT2D eigenvalue weighted by atomic mass is 9.52. The van der Waals surface area contributed by atoms with Crippen molar-refractivity contribution >= 4 is 34.7 Å². The maximum atomic E-state index is 14.1. The van der Waals surface area contributed by atoms with Gasteiger partial charge in [0.15, 0.2) is 34.7 Å². The van der Waals surface area contributed by atoms with Gasteiger partial charge >= 0.3 is 0 Å². The number of phenolic OH excluding ortho intramolecular Hbond substituents is 1. The number of fused-ring (bicyclic) bond motifs is 3. The number of phenols is 1. The van der Waals surface area contributed by atoms with Gasteiger partial charge in [-0.3, -0.25) is 39.2 Å². The second kappa shape index (κ2) is 9.35. The van der Waals surface area contributed by atoms with Crippen molar-refractivity contribution in [2.24, 2.45) is 29.4 Å². The molecule has 1 aromatic carbocycles. The Hall–Kier alpha value is -3.41. The van der Waals surface area contributed by atoms with Crippen LogP contribution in [0.3, 0.4) is 0 Å². The molecule has 2 saturated carbocycles. The Balaban J connectivity index is 1.94. The molecule has 0 aromatic heterocycles. The van der Waals surface area contributed by atoms with Gasteiger partial charge in [0.1, 0.15) is 5.75 Å². The Morgan fingerprint density at radius 3 is 2.33 bits per heavy atom. The summed E-state index contributed by atoms with van der Waals surface area (Å²) in [5, 5.41) is 23.0. The van der Waals surface area contributed by atoms with Crippen molar-refractivity contribution in [3.8, 4) is 5.75 Å². The van der Waals surface area contributed by atoms with Gasteiger partial charge in [0, 0.05) is 17.0 Å². The SMILES string of the molecule is C=C(NOC)c1cc(C(C)(C)C)c(O)c2c1C[C@H]1C[C@H]3[C@H](N(C)C)C(=O)C(C(N)=O)C(=O)[C@@]3(O)C(=O)C1C2=O. The summed E-state index contributed by atoms with van der Waals surface area (Å²) in [6, 6.07) is 0.568. The smallest absolute Gasteiger partial charge is 0.235 e. The Morgan fingerprint density at radius 1 is 1.21 bits per heavy atom. The van der Waals surface area contributed by atoms with E-state index in [1.54, 1.807) is 20.2 Å². The monoisotopic (exact) mass is 541 g/mol. The van der Waals surface area contributed by atoms with E-state index in [-0.39, 0.29) is 24.2 Å². The van der Waals surface area contributed by atoms with Crippen LogP contribution in [0.2, 0.25) is 0 Å². The highest BCUT2D eigenvalue weighted by Gasteiger charge is 2.69. The summed E-state index contributed by atoms with van der Waals surface area (Å²) in [4.78, 5) is 73.3. The Kier molecular flexibility index (Phi) is 6.86. The molecular weight excluding hydrogens is 506 g/mol. The van der Waals surface area contributed by atoms with Crippen molar-refractivity contribution in [2.75, 3.05) is 21.2 Å². The van der Waals surface area contributed by atoms with Crippen LogP contribution in [0.5, 0.6) is 5.75 Å². The maximum Gasteiger partial charge on any atom is 0.235 e. The number of aliphatic hydroxyl groups is 1. The van der Waals surface area contributed by atoms with Crippen molar-refractivity contribution in [3.05, 3.63) is 34.9 Å². The van der Waals surface area contributed by atoms with Crippen molar-refractivity contribution in [1.82, 2.24) is 10.4 Å². The highest BCUT2D eigenvalue weighted by Crippen LogP contribution is 2.52. The van der Waals surface area contributed by atoms with Crippen LogP contribution in [-0.4, -0.2) is 77.0 Å². The Bertz CT molecular complexity index is 1330. The number of benzene rings is 1. The number of nitrogens with two attached hydrogens (primary N) is 1. The molecule has 210 valence electrons. The van der Waals surface area contributed by atoms with Crippen molar-refractivity contribution in [3.63, 3.8) is 0 Å². The van der Waals surface area contributed by atoms with E-state index in [1.165, 1.54) is 12.0 Å². The fourth-order valence-corrected chi connectivity index (χ4v) is 6.69. The molecule has 11 heteroatoms. The number of likely N-dealkylation sites (N-methyl/N-ethyl adjacent to an activating group) is 1. The number of nitrogens with zero attached hydrogens (tertiary/aromatic N) is 1. The molecule has 0 spiro atoms. The molecule has 2 unspecified atom stereocenters. The molecule has 0 radical (unpaired) electrons. The minimum atomic E-state index is -2.77. The van der Waals surface area contributed by atoms with E-state index in [1.807, 2.05) is 20.8 Å². The summed E-state index contributed by atoms with van der Waals surface area (Å²) in [5.41, 5.74) is 6.31. The molecule has 39 heavy (non-hydrogen) atoms. The van der Waals surface area contributed by atoms with E-state index in [0.717, 1.165) is 0 Å². The number of aromatic hydroxyl groups is 1. The van der Waals surface area contributed by atoms with Crippen LogP contribution in [0.25, 0.3) is 5.70 Å². The van der Waals surface area contributed by atoms with Crippen LogP contribution < -0.4 is 11.2 Å². The zero-order chi connectivity index (χ0) is 29.4. The fourth-order valence-electron chi connectivity index (χ4n) is 6.69. The zero-order valence-electron chi connectivity index (χ0n) is 23.0. The fraction of sp³-hybridized carbons (Fsp3) is 0.536. The van der Waals surface area contributed by atoms with E-state index in [2.05, 4.69) is 12.1 Å². The van der Waals surface area contributed by atoms with Gasteiger partial charge in [-0.05, 0) is 49.9 Å². The minimum absolute atomic E-state index is 0.0324. The summed E-state index contributed by atoms with van der Waals surface area (Å²) < 4.78 is 0. The Labute approximate surface area is 226 Å². The third-order valence-electron chi connectivity index (χ3n) is 8.42. The lowest BCUT2D eigenvalue weighted by molar-refractivity contribution is -0.181. The number of hydrogen-bond donors (Lipinski definition) is 4. The molecule has 4 rings (SSSR count). The lowest BCUT2D eigenvalue weighted by Gasteiger charge is -2.52. The number of primary amides is 1. The second-order valence-corrected chi connectivity index (χ2v) is 12.0. The standard InChI is InChI=1S/C28H35N3O8/c1-11(30-39-7)13-10-16(27(2,3)4)21(32)18-14(13)8-12-9-15-20(31(5)6)23(34)19(26(29)37)25(36)28(15,38)24(35)17(12)22(18)33/h10,12,15,17,19-20,30,32,38H,1,8-9H2,2-7H3,(H2,29,37)/t12-,15-,17?,19?,20-,28-/m0/s1. The van der Waals surface area contributed by atoms with Crippen LogP contribution in [0.15, 0.2) is 12.6 Å². The molecular formula is C28H35N3O8. The van der Waals surface area contributed by atoms with E-state index >= 15 is 0 Å². The van der Waals surface area contributed by atoms with Crippen LogP contribution >= 0.6 is 0 Å². The zero-order valence-corrected chi connectivity index (χ0v) is 23.0. The molecule has 3 aliphatic carbocycles. The first-order chi connectivity index (χ1) is 18.0. The van der Waals surface area contributed by atoms with Crippen LogP contribution in [0, 0.1) is 23.7 Å². The quantitative estimate of drug-likeness (QED) is 0.299. The normalized spacial score (nSPS) is 30.5. The molecule has 1 aromatic rings. The lowest BCUT2D eigenvalue weighted by Crippen LogP contribution is -2.74. The third-order valence-corrected chi connectivity index (χ3v) is 8.42. The van der Waals surface area contributed by atoms with E-state index in [9.17, 15) is 34.2 Å². The number of ketones is 4. The van der Waals surface area contributed by atoms with Gasteiger partial charge in [0.2, 0.25) is 5.91 Å². The molecule has 2 fully saturated rings. The molecule has 0 heterocycles. The molecule has 0 bridgehead atoms. The first-order valence-corrected chi connectivity index (χ1v) is 12.7. The van der Waals surface area contributed by atoms with Crippen molar-refractivity contribution in [2.45, 2.75) is 50.7 Å². The summed E-state index contributed by atoms with van der Waals surface area (Å²) in [5.74, 6) is -10.8. The number of carbonyl (C=O) groups excluding carboxylic acids is 5. The molecule has 11 nitrogen and oxygen atoms in total. The van der Waals surface area contributed by atoms with Gasteiger partial charge in [-0.25, -0.2) is 0 Å². The number of nitrogens with one attached hydrogen (secondary N) is 1. The third kappa shape index (κ3) is 4.02. The highest BCUT2D eigenvalue weighted by atomic mass is 16.6. The maximum absolute atomic E-state index is 14.1. The first-order valence-electron chi connectivity index (χ1n) is 12.7. The largest absolute Gasteiger partial charge is 0.507 e. The predicted octanol–water partition coefficient (Wildman–Crippen LogP) is 0.286. The number of rotatable bonds is 5. The van der Waals surface area contributed by atoms with Gasteiger partial charge in [0.25, 0.3) is 0 Å². The number of amides is 1. The van der Waals surface area contributed by atoms with Crippen LogP contribution in [-0.2, 0) is 35.9 Å². The number of Topliss-reactive ketones (excluding diaryl/α,β-unsaturated/α-hetero) is 4. The molecule has 6 atom stereocenters. The topological polar surface area (TPSA) is 176 Å². The van der Waals surface area contributed by atoms with E-state index < -0.39 is 69.8 Å². The average molecular weight is 542 g/mol. The van der Waals surface area contributed by atoms with Gasteiger partial charge in [0.05, 0.1) is 30.3 Å². The van der Waals surface area contributed by atoms with Gasteiger partial charge in [-0.15, -0.1) is 0 Å². The van der Waals surface area contributed by atoms with E-state index in [4.69, 9.17) is 10.6 Å². The first kappa shape index (κ1) is 28.6. The van der Waals surface area contributed by atoms with Crippen molar-refractivity contribution in [1.29, 1.82) is 0 Å². The van der Waals surface area contributed by atoms with Crippen molar-refractivity contribution < 1.29 is 39.0 Å². The highest BCUT2D eigenvalue weighted by molar-refractivity contribution is 6.32.